The number of anilines is 1. The van der Waals surface area contributed by atoms with Crippen LogP contribution in [0.3, 0.4) is 0 Å². The average molecular weight is 314 g/mol. The predicted octanol–water partition coefficient (Wildman–Crippen LogP) is 2.70. The Labute approximate surface area is 132 Å². The number of hydrogen-bond donors (Lipinski definition) is 1. The third-order valence-electron chi connectivity index (χ3n) is 2.90. The highest BCUT2D eigenvalue weighted by Gasteiger charge is 2.09. The number of esters is 1. The number of hydrogen-bond acceptors (Lipinski definition) is 5. The van der Waals surface area contributed by atoms with Crippen molar-refractivity contribution < 1.29 is 19.2 Å². The minimum Gasteiger partial charge on any atom is -0.426 e. The zero-order valence-corrected chi connectivity index (χ0v) is 12.3. The van der Waals surface area contributed by atoms with E-state index in [1.165, 1.54) is 31.2 Å². The highest BCUT2D eigenvalue weighted by molar-refractivity contribution is 5.88. The SMILES string of the molecule is CC(=O)Nc1ccc(CC(=O)Oc2ccc([N+](=O)[O-])cc2)cc1. The maximum Gasteiger partial charge on any atom is 0.315 e. The number of amides is 1. The molecule has 2 rings (SSSR count). The summed E-state index contributed by atoms with van der Waals surface area (Å²) in [6, 6.07) is 12.1. The molecule has 1 amide bonds. The van der Waals surface area contributed by atoms with Crippen molar-refractivity contribution in [1.29, 1.82) is 0 Å². The molecular weight excluding hydrogens is 300 g/mol. The first-order valence-electron chi connectivity index (χ1n) is 6.76. The Morgan fingerprint density at radius 3 is 2.22 bits per heavy atom. The second-order valence-electron chi connectivity index (χ2n) is 4.78. The number of nitro benzene ring substituents is 1. The minimum absolute atomic E-state index is 0.0529. The lowest BCUT2D eigenvalue weighted by Gasteiger charge is -2.06. The number of nitrogens with zero attached hydrogens (tertiary/aromatic N) is 1. The number of benzene rings is 2. The molecule has 0 aromatic heterocycles. The quantitative estimate of drug-likeness (QED) is 0.396. The molecule has 0 radical (unpaired) electrons. The van der Waals surface area contributed by atoms with Crippen molar-refractivity contribution in [2.24, 2.45) is 0 Å². The maximum atomic E-state index is 11.8. The van der Waals surface area contributed by atoms with Gasteiger partial charge in [-0.15, -0.1) is 0 Å². The second kappa shape index (κ2) is 7.17. The molecule has 118 valence electrons. The molecule has 0 atom stereocenters. The molecule has 0 saturated carbocycles. The van der Waals surface area contributed by atoms with Gasteiger partial charge in [-0.25, -0.2) is 0 Å². The van der Waals surface area contributed by atoms with E-state index in [9.17, 15) is 19.7 Å². The monoisotopic (exact) mass is 314 g/mol. The van der Waals surface area contributed by atoms with Gasteiger partial charge in [0.2, 0.25) is 5.91 Å². The molecule has 0 heterocycles. The number of non-ortho nitro benzene ring substituents is 1. The molecule has 23 heavy (non-hydrogen) atoms. The molecule has 0 unspecified atom stereocenters. The predicted molar refractivity (Wildman–Crippen MR) is 83.2 cm³/mol. The van der Waals surface area contributed by atoms with E-state index in [2.05, 4.69) is 5.32 Å². The zero-order chi connectivity index (χ0) is 16.8. The molecule has 0 spiro atoms. The van der Waals surface area contributed by atoms with Crippen LogP contribution in [0.5, 0.6) is 5.75 Å². The lowest BCUT2D eigenvalue weighted by molar-refractivity contribution is -0.384. The summed E-state index contributed by atoms with van der Waals surface area (Å²) in [4.78, 5) is 32.8. The number of rotatable bonds is 5. The molecule has 7 heteroatoms. The van der Waals surface area contributed by atoms with Crippen LogP contribution in [0.1, 0.15) is 12.5 Å². The smallest absolute Gasteiger partial charge is 0.315 e. The van der Waals surface area contributed by atoms with Gasteiger partial charge in [-0.3, -0.25) is 19.7 Å². The highest BCUT2D eigenvalue weighted by atomic mass is 16.6. The highest BCUT2D eigenvalue weighted by Crippen LogP contribution is 2.18. The van der Waals surface area contributed by atoms with E-state index in [0.717, 1.165) is 5.56 Å². The van der Waals surface area contributed by atoms with E-state index < -0.39 is 10.9 Å². The number of nitro groups is 1. The average Bonchev–Trinajstić information content (AvgIpc) is 2.49. The Hall–Kier alpha value is -3.22. The summed E-state index contributed by atoms with van der Waals surface area (Å²) in [6.07, 6.45) is 0.0529. The van der Waals surface area contributed by atoms with Crippen LogP contribution >= 0.6 is 0 Å². The fraction of sp³-hybridized carbons (Fsp3) is 0.125. The normalized spacial score (nSPS) is 9.96. The summed E-state index contributed by atoms with van der Waals surface area (Å²) in [6.45, 7) is 1.41. The first-order valence-corrected chi connectivity index (χ1v) is 6.76. The molecule has 2 aromatic rings. The molecule has 0 aliphatic rings. The lowest BCUT2D eigenvalue weighted by Crippen LogP contribution is -2.11. The lowest BCUT2D eigenvalue weighted by atomic mass is 10.1. The largest absolute Gasteiger partial charge is 0.426 e. The number of ether oxygens (including phenoxy) is 1. The standard InChI is InChI=1S/C16H14N2O5/c1-11(19)17-13-4-2-12(3-5-13)10-16(20)23-15-8-6-14(7-9-15)18(21)22/h2-9H,10H2,1H3,(H,17,19). The van der Waals surface area contributed by atoms with E-state index in [-0.39, 0.29) is 23.8 Å². The fourth-order valence-electron chi connectivity index (χ4n) is 1.88. The third kappa shape index (κ3) is 4.92. The summed E-state index contributed by atoms with van der Waals surface area (Å²) in [7, 11) is 0. The van der Waals surface area contributed by atoms with E-state index in [4.69, 9.17) is 4.74 Å². The Morgan fingerprint density at radius 1 is 1.09 bits per heavy atom. The first-order chi connectivity index (χ1) is 10.9. The van der Waals surface area contributed by atoms with Crippen molar-refractivity contribution in [2.45, 2.75) is 13.3 Å². The van der Waals surface area contributed by atoms with Crippen molar-refractivity contribution in [1.82, 2.24) is 0 Å². The van der Waals surface area contributed by atoms with Gasteiger partial charge in [-0.1, -0.05) is 12.1 Å². The van der Waals surface area contributed by atoms with E-state index in [1.54, 1.807) is 24.3 Å². The van der Waals surface area contributed by atoms with Crippen LogP contribution in [-0.4, -0.2) is 16.8 Å². The van der Waals surface area contributed by atoms with Crippen molar-refractivity contribution in [3.8, 4) is 5.75 Å². The van der Waals surface area contributed by atoms with Gasteiger partial charge in [0.25, 0.3) is 5.69 Å². The van der Waals surface area contributed by atoms with Crippen LogP contribution < -0.4 is 10.1 Å². The van der Waals surface area contributed by atoms with Gasteiger partial charge in [0.15, 0.2) is 0 Å². The molecule has 2 aromatic carbocycles. The Bertz CT molecular complexity index is 723. The summed E-state index contributed by atoms with van der Waals surface area (Å²) in [5.41, 5.74) is 1.30. The molecule has 0 fully saturated rings. The fourth-order valence-corrected chi connectivity index (χ4v) is 1.88. The van der Waals surface area contributed by atoms with Gasteiger partial charge in [0.05, 0.1) is 11.3 Å². The van der Waals surface area contributed by atoms with Crippen LogP contribution in [0.4, 0.5) is 11.4 Å². The van der Waals surface area contributed by atoms with Crippen molar-refractivity contribution in [3.05, 3.63) is 64.2 Å². The van der Waals surface area contributed by atoms with E-state index in [0.29, 0.717) is 5.69 Å². The molecule has 1 N–H and O–H groups in total. The summed E-state index contributed by atoms with van der Waals surface area (Å²) >= 11 is 0. The number of carbonyl (C=O) groups is 2. The molecule has 7 nitrogen and oxygen atoms in total. The summed E-state index contributed by atoms with van der Waals surface area (Å²) < 4.78 is 5.12. The molecule has 0 aliphatic heterocycles. The maximum absolute atomic E-state index is 11.8. The molecule has 0 aliphatic carbocycles. The number of carbonyl (C=O) groups excluding carboxylic acids is 2. The molecule has 0 saturated heterocycles. The summed E-state index contributed by atoms with van der Waals surface area (Å²) in [5.74, 6) is -0.406. The van der Waals surface area contributed by atoms with Gasteiger partial charge >= 0.3 is 5.97 Å². The van der Waals surface area contributed by atoms with Crippen LogP contribution in [-0.2, 0) is 16.0 Å². The second-order valence-corrected chi connectivity index (χ2v) is 4.78. The van der Waals surface area contributed by atoms with Crippen LogP contribution in [0.25, 0.3) is 0 Å². The van der Waals surface area contributed by atoms with E-state index in [1.807, 2.05) is 0 Å². The van der Waals surface area contributed by atoms with Crippen LogP contribution in [0.15, 0.2) is 48.5 Å². The summed E-state index contributed by atoms with van der Waals surface area (Å²) in [5, 5.41) is 13.2. The van der Waals surface area contributed by atoms with Gasteiger partial charge in [-0.05, 0) is 29.8 Å². The van der Waals surface area contributed by atoms with Gasteiger partial charge < -0.3 is 10.1 Å². The van der Waals surface area contributed by atoms with Crippen LogP contribution in [0, 0.1) is 10.1 Å². The van der Waals surface area contributed by atoms with Crippen LogP contribution in [0.2, 0.25) is 0 Å². The van der Waals surface area contributed by atoms with Crippen molar-refractivity contribution in [2.75, 3.05) is 5.32 Å². The Balaban J connectivity index is 1.93. The Morgan fingerprint density at radius 2 is 1.70 bits per heavy atom. The van der Waals surface area contributed by atoms with Gasteiger partial charge in [-0.2, -0.15) is 0 Å². The third-order valence-corrected chi connectivity index (χ3v) is 2.90. The van der Waals surface area contributed by atoms with Crippen molar-refractivity contribution in [3.63, 3.8) is 0 Å². The number of nitrogens with one attached hydrogen (secondary N) is 1. The first kappa shape index (κ1) is 16.2. The topological polar surface area (TPSA) is 98.5 Å². The van der Waals surface area contributed by atoms with E-state index >= 15 is 0 Å². The molecular formula is C16H14N2O5. The van der Waals surface area contributed by atoms with Gasteiger partial charge in [0.1, 0.15) is 5.75 Å². The molecule has 0 bridgehead atoms. The minimum atomic E-state index is -0.526. The van der Waals surface area contributed by atoms with Gasteiger partial charge in [0, 0.05) is 24.7 Å². The zero-order valence-electron chi connectivity index (χ0n) is 12.3. The Kier molecular flexibility index (Phi) is 5.03. The van der Waals surface area contributed by atoms with Crippen molar-refractivity contribution >= 4 is 23.3 Å².